The van der Waals surface area contributed by atoms with Crippen LogP contribution in [-0.4, -0.2) is 39.3 Å². The van der Waals surface area contributed by atoms with Crippen LogP contribution >= 0.6 is 0 Å². The van der Waals surface area contributed by atoms with Gasteiger partial charge in [0.25, 0.3) is 0 Å². The quantitative estimate of drug-likeness (QED) is 0.200. The molecule has 1 aliphatic rings. The molecular weight excluding hydrogens is 467 g/mol. The Morgan fingerprint density at radius 3 is 1.72 bits per heavy atom. The van der Waals surface area contributed by atoms with E-state index in [2.05, 4.69) is 38.3 Å². The molecule has 2 rings (SSSR count). The van der Waals surface area contributed by atoms with Crippen LogP contribution in [0.5, 0.6) is 0 Å². The van der Waals surface area contributed by atoms with Gasteiger partial charge in [-0.05, 0) is 0 Å². The number of amides is 2. The molecule has 0 bridgehead atoms. The maximum atomic E-state index is 13.0. The minimum absolute atomic E-state index is 0.168. The van der Waals surface area contributed by atoms with Crippen LogP contribution in [0.1, 0.15) is 86.9 Å². The molecule has 0 spiro atoms. The molecule has 1 atom stereocenters. The van der Waals surface area contributed by atoms with E-state index in [-0.39, 0.29) is 15.9 Å². The fourth-order valence-corrected chi connectivity index (χ4v) is 21.2. The Bertz CT molecular complexity index is 660. The SMILES string of the molecule is C/C=C/[CH](NN1C(=O)c2ccccc2C1=O)[Sn]([CH2]CCC)([CH2]CCC)[CH2]CCC. The molecule has 0 fully saturated rings. The van der Waals surface area contributed by atoms with E-state index in [0.29, 0.717) is 11.1 Å². The van der Waals surface area contributed by atoms with E-state index in [4.69, 9.17) is 0 Å². The normalized spacial score (nSPS) is 15.4. The Hall–Kier alpha value is -1.14. The Morgan fingerprint density at radius 1 is 0.897 bits per heavy atom. The van der Waals surface area contributed by atoms with E-state index in [1.807, 2.05) is 19.1 Å². The number of benzene rings is 1. The fraction of sp³-hybridized carbons (Fsp3) is 0.583. The number of carbonyl (C=O) groups excluding carboxylic acids is 2. The van der Waals surface area contributed by atoms with Crippen LogP contribution in [0.15, 0.2) is 36.4 Å². The average Bonchev–Trinajstić information content (AvgIpc) is 2.98. The fourth-order valence-electron chi connectivity index (χ4n) is 4.45. The first kappa shape index (κ1) is 24.1. The van der Waals surface area contributed by atoms with Crippen molar-refractivity contribution < 1.29 is 9.59 Å². The summed E-state index contributed by atoms with van der Waals surface area (Å²) >= 11 is -2.72. The van der Waals surface area contributed by atoms with Crippen molar-refractivity contribution in [3.63, 3.8) is 0 Å². The molecule has 0 saturated carbocycles. The number of hydrazine groups is 1. The molecular formula is C24H38N2O2Sn. The molecule has 1 aliphatic heterocycles. The number of nitrogens with one attached hydrogen (secondary N) is 1. The summed E-state index contributed by atoms with van der Waals surface area (Å²) in [6.45, 7) is 8.84. The number of imide groups is 1. The number of carbonyl (C=O) groups is 2. The molecule has 0 aromatic heterocycles. The number of rotatable bonds is 13. The first-order valence-corrected chi connectivity index (χ1v) is 19.1. The number of fused-ring (bicyclic) bond motifs is 1. The van der Waals surface area contributed by atoms with Gasteiger partial charge >= 0.3 is 181 Å². The summed E-state index contributed by atoms with van der Waals surface area (Å²) in [4.78, 5) is 25.9. The molecule has 29 heavy (non-hydrogen) atoms. The zero-order valence-electron chi connectivity index (χ0n) is 18.7. The molecule has 1 aromatic rings. The van der Waals surface area contributed by atoms with Gasteiger partial charge in [0, 0.05) is 0 Å². The van der Waals surface area contributed by atoms with Gasteiger partial charge in [-0.25, -0.2) is 0 Å². The zero-order valence-corrected chi connectivity index (χ0v) is 21.5. The predicted molar refractivity (Wildman–Crippen MR) is 124 cm³/mol. The Morgan fingerprint density at radius 2 is 1.34 bits per heavy atom. The topological polar surface area (TPSA) is 49.4 Å². The Balaban J connectivity index is 2.36. The van der Waals surface area contributed by atoms with Gasteiger partial charge in [-0.15, -0.1) is 0 Å². The van der Waals surface area contributed by atoms with Crippen LogP contribution in [0.25, 0.3) is 0 Å². The van der Waals surface area contributed by atoms with Crippen molar-refractivity contribution in [3.05, 3.63) is 47.5 Å². The van der Waals surface area contributed by atoms with Gasteiger partial charge in [0.1, 0.15) is 0 Å². The van der Waals surface area contributed by atoms with Gasteiger partial charge in [0.15, 0.2) is 0 Å². The number of allylic oxidation sites excluding steroid dienone is 1. The molecule has 2 amide bonds. The summed E-state index contributed by atoms with van der Waals surface area (Å²) in [7, 11) is 0. The van der Waals surface area contributed by atoms with E-state index in [9.17, 15) is 9.59 Å². The third-order valence-electron chi connectivity index (χ3n) is 6.19. The molecule has 1 heterocycles. The summed E-state index contributed by atoms with van der Waals surface area (Å²) in [6, 6.07) is 7.15. The van der Waals surface area contributed by atoms with Gasteiger partial charge in [-0.2, -0.15) is 0 Å². The number of nitrogens with zero attached hydrogens (tertiary/aromatic N) is 1. The zero-order chi connectivity index (χ0) is 21.3. The summed E-state index contributed by atoms with van der Waals surface area (Å²) in [5, 5.41) is 1.31. The van der Waals surface area contributed by atoms with Crippen molar-refractivity contribution in [3.8, 4) is 0 Å². The standard InChI is InChI=1S/C12H11N2O2.3C4H9.Sn/c1-2-3-8-13-14-11(15)9-6-4-5-7-10(9)12(14)16;3*1-3-4-2;/h2-8,13H,1H3;3*1,3-4H2,2H3;/b3-2+;;;;. The Kier molecular flexibility index (Phi) is 9.90. The maximum absolute atomic E-state index is 13.0. The summed E-state index contributed by atoms with van der Waals surface area (Å²) in [6.07, 6.45) is 11.7. The molecule has 1 N–H and O–H groups in total. The van der Waals surface area contributed by atoms with Crippen LogP contribution in [-0.2, 0) is 0 Å². The molecule has 160 valence electrons. The van der Waals surface area contributed by atoms with Gasteiger partial charge in [0.2, 0.25) is 0 Å². The monoisotopic (exact) mass is 506 g/mol. The van der Waals surface area contributed by atoms with E-state index >= 15 is 0 Å². The van der Waals surface area contributed by atoms with Crippen molar-refractivity contribution in [2.45, 2.75) is 83.6 Å². The summed E-state index contributed by atoms with van der Waals surface area (Å²) in [5.41, 5.74) is 4.50. The van der Waals surface area contributed by atoms with Crippen LogP contribution in [0.2, 0.25) is 13.3 Å². The number of hydrogen-bond donors (Lipinski definition) is 1. The molecule has 4 nitrogen and oxygen atoms in total. The van der Waals surface area contributed by atoms with E-state index in [0.717, 1.165) is 0 Å². The van der Waals surface area contributed by atoms with Gasteiger partial charge < -0.3 is 0 Å². The molecule has 1 aromatic carbocycles. The van der Waals surface area contributed by atoms with Crippen molar-refractivity contribution in [2.24, 2.45) is 0 Å². The third-order valence-corrected chi connectivity index (χ3v) is 22.4. The first-order valence-electron chi connectivity index (χ1n) is 11.4. The van der Waals surface area contributed by atoms with Gasteiger partial charge in [-0.3, -0.25) is 0 Å². The minimum atomic E-state index is -2.72. The number of hydrogen-bond acceptors (Lipinski definition) is 3. The summed E-state index contributed by atoms with van der Waals surface area (Å²) in [5.74, 6) is -0.413. The number of unbranched alkanes of at least 4 members (excludes halogenated alkanes) is 3. The second-order valence-electron chi connectivity index (χ2n) is 8.30. The van der Waals surface area contributed by atoms with Crippen molar-refractivity contribution in [2.75, 3.05) is 0 Å². The molecule has 0 saturated heterocycles. The van der Waals surface area contributed by atoms with Crippen LogP contribution in [0.4, 0.5) is 0 Å². The third kappa shape index (κ3) is 5.72. The van der Waals surface area contributed by atoms with Gasteiger partial charge in [0.05, 0.1) is 0 Å². The van der Waals surface area contributed by atoms with Gasteiger partial charge in [-0.1, -0.05) is 0 Å². The Labute approximate surface area is 181 Å². The predicted octanol–water partition coefficient (Wildman–Crippen LogP) is 6.12. The second-order valence-corrected chi connectivity index (χ2v) is 22.1. The van der Waals surface area contributed by atoms with Crippen LogP contribution in [0.3, 0.4) is 0 Å². The molecule has 0 aliphatic carbocycles. The second kappa shape index (κ2) is 11.9. The van der Waals surface area contributed by atoms with Crippen molar-refractivity contribution in [1.82, 2.24) is 10.4 Å². The van der Waals surface area contributed by atoms with E-state index in [1.165, 1.54) is 56.8 Å². The molecule has 5 heteroatoms. The average molecular weight is 505 g/mol. The first-order chi connectivity index (χ1) is 14.0. The summed E-state index contributed by atoms with van der Waals surface area (Å²) < 4.78 is 4.12. The van der Waals surface area contributed by atoms with Crippen molar-refractivity contribution in [1.29, 1.82) is 0 Å². The van der Waals surface area contributed by atoms with E-state index < -0.39 is 18.4 Å². The van der Waals surface area contributed by atoms with Crippen molar-refractivity contribution >= 4 is 30.2 Å². The van der Waals surface area contributed by atoms with Crippen LogP contribution in [0, 0.1) is 0 Å². The molecule has 1 unspecified atom stereocenters. The van der Waals surface area contributed by atoms with Crippen LogP contribution < -0.4 is 5.43 Å². The van der Waals surface area contributed by atoms with E-state index in [1.54, 1.807) is 12.1 Å². The molecule has 0 radical (unpaired) electrons.